The van der Waals surface area contributed by atoms with Gasteiger partial charge >= 0.3 is 5.97 Å². The second-order valence-electron chi connectivity index (χ2n) is 6.41. The predicted molar refractivity (Wildman–Crippen MR) is 117 cm³/mol. The lowest BCUT2D eigenvalue weighted by Crippen LogP contribution is -2.30. The fraction of sp³-hybridized carbons (Fsp3) is 0.136. The Morgan fingerprint density at radius 3 is 2.47 bits per heavy atom. The first kappa shape index (κ1) is 21.5. The summed E-state index contributed by atoms with van der Waals surface area (Å²) in [6, 6.07) is 16.7. The van der Waals surface area contributed by atoms with Gasteiger partial charge in [0.1, 0.15) is 0 Å². The Balaban J connectivity index is 1.61. The van der Waals surface area contributed by atoms with Gasteiger partial charge in [-0.05, 0) is 47.8 Å². The van der Waals surface area contributed by atoms with Gasteiger partial charge in [-0.15, -0.1) is 11.3 Å². The number of benzene rings is 2. The van der Waals surface area contributed by atoms with E-state index in [-0.39, 0.29) is 18.1 Å². The zero-order valence-electron chi connectivity index (χ0n) is 16.1. The number of esters is 1. The minimum atomic E-state index is -0.695. The molecule has 2 aromatic carbocycles. The second-order valence-corrected chi connectivity index (χ2v) is 7.88. The van der Waals surface area contributed by atoms with Crippen LogP contribution in [0.1, 0.15) is 25.6 Å². The minimum Gasteiger partial charge on any atom is -0.452 e. The van der Waals surface area contributed by atoms with Gasteiger partial charge in [0.25, 0.3) is 11.8 Å². The number of para-hydroxylation sites is 1. The summed E-state index contributed by atoms with van der Waals surface area (Å²) in [5, 5.41) is 5.14. The molecule has 0 aliphatic heterocycles. The van der Waals surface area contributed by atoms with Crippen LogP contribution < -0.4 is 5.32 Å². The third kappa shape index (κ3) is 5.68. The highest BCUT2D eigenvalue weighted by Gasteiger charge is 2.18. The fourth-order valence-electron chi connectivity index (χ4n) is 2.61. The molecule has 0 aliphatic rings. The molecule has 30 heavy (non-hydrogen) atoms. The Hall–Kier alpha value is -3.16. The Morgan fingerprint density at radius 2 is 1.77 bits per heavy atom. The van der Waals surface area contributed by atoms with Crippen molar-refractivity contribution in [3.8, 4) is 0 Å². The van der Waals surface area contributed by atoms with Crippen molar-refractivity contribution in [3.63, 3.8) is 0 Å². The van der Waals surface area contributed by atoms with E-state index in [0.29, 0.717) is 22.8 Å². The molecule has 3 rings (SSSR count). The van der Waals surface area contributed by atoms with Crippen LogP contribution >= 0.6 is 22.9 Å². The second kappa shape index (κ2) is 10.0. The minimum absolute atomic E-state index is 0.161. The van der Waals surface area contributed by atoms with Crippen LogP contribution in [0, 0.1) is 0 Å². The maximum absolute atomic E-state index is 12.5. The van der Waals surface area contributed by atoms with Gasteiger partial charge in [0, 0.05) is 22.5 Å². The molecular formula is C22H19ClN2O4S. The van der Waals surface area contributed by atoms with Gasteiger partial charge in [0.2, 0.25) is 0 Å². The van der Waals surface area contributed by atoms with Crippen LogP contribution in [-0.4, -0.2) is 36.3 Å². The summed E-state index contributed by atoms with van der Waals surface area (Å²) in [7, 11) is 1.65. The maximum atomic E-state index is 12.5. The van der Waals surface area contributed by atoms with E-state index in [4.69, 9.17) is 16.3 Å². The first-order valence-corrected chi connectivity index (χ1v) is 10.3. The van der Waals surface area contributed by atoms with Gasteiger partial charge < -0.3 is 15.0 Å². The lowest BCUT2D eigenvalue weighted by molar-refractivity contribution is -0.133. The summed E-state index contributed by atoms with van der Waals surface area (Å²) < 4.78 is 5.18. The summed E-state index contributed by atoms with van der Waals surface area (Å²) in [5.74, 6) is -1.40. The highest BCUT2D eigenvalue weighted by Crippen LogP contribution is 2.18. The number of hydrogen-bond donors (Lipinski definition) is 1. The number of nitrogens with one attached hydrogen (secondary N) is 1. The van der Waals surface area contributed by atoms with E-state index in [1.54, 1.807) is 60.8 Å². The summed E-state index contributed by atoms with van der Waals surface area (Å²) in [6.07, 6.45) is 0. The first-order valence-electron chi connectivity index (χ1n) is 9.03. The van der Waals surface area contributed by atoms with Gasteiger partial charge in [0.15, 0.2) is 6.61 Å². The number of carbonyl (C=O) groups excluding carboxylic acids is 3. The van der Waals surface area contributed by atoms with E-state index in [2.05, 4.69) is 5.32 Å². The molecule has 0 saturated carbocycles. The van der Waals surface area contributed by atoms with Crippen molar-refractivity contribution >= 4 is 46.4 Å². The van der Waals surface area contributed by atoms with Crippen molar-refractivity contribution in [1.29, 1.82) is 0 Å². The molecule has 0 aliphatic carbocycles. The van der Waals surface area contributed by atoms with Crippen LogP contribution in [-0.2, 0) is 16.1 Å². The third-order valence-electron chi connectivity index (χ3n) is 4.23. The molecular weight excluding hydrogens is 424 g/mol. The van der Waals surface area contributed by atoms with E-state index in [0.717, 1.165) is 4.88 Å². The molecule has 0 radical (unpaired) electrons. The number of rotatable bonds is 7. The van der Waals surface area contributed by atoms with E-state index in [1.807, 2.05) is 17.5 Å². The van der Waals surface area contributed by atoms with Crippen LogP contribution in [0.25, 0.3) is 0 Å². The van der Waals surface area contributed by atoms with Gasteiger partial charge in [-0.2, -0.15) is 0 Å². The van der Waals surface area contributed by atoms with E-state index >= 15 is 0 Å². The van der Waals surface area contributed by atoms with E-state index < -0.39 is 11.9 Å². The summed E-state index contributed by atoms with van der Waals surface area (Å²) >= 11 is 7.39. The van der Waals surface area contributed by atoms with E-state index in [9.17, 15) is 14.4 Å². The molecule has 0 unspecified atom stereocenters. The largest absolute Gasteiger partial charge is 0.452 e. The number of amides is 2. The first-order chi connectivity index (χ1) is 14.4. The van der Waals surface area contributed by atoms with Gasteiger partial charge in [-0.25, -0.2) is 4.79 Å². The number of hydrogen-bond acceptors (Lipinski definition) is 5. The quantitative estimate of drug-likeness (QED) is 0.548. The van der Waals surface area contributed by atoms with E-state index in [1.165, 1.54) is 11.0 Å². The summed E-state index contributed by atoms with van der Waals surface area (Å²) in [5.41, 5.74) is 0.850. The predicted octanol–water partition coefficient (Wildman–Crippen LogP) is 4.47. The van der Waals surface area contributed by atoms with Crippen LogP contribution in [0.3, 0.4) is 0 Å². The highest BCUT2D eigenvalue weighted by molar-refractivity contribution is 7.09. The molecule has 0 fully saturated rings. The molecule has 0 atom stereocenters. The van der Waals surface area contributed by atoms with Gasteiger partial charge in [-0.3, -0.25) is 9.59 Å². The lowest BCUT2D eigenvalue weighted by Gasteiger charge is -2.16. The van der Waals surface area contributed by atoms with Gasteiger partial charge in [-0.1, -0.05) is 29.8 Å². The Kier molecular flexibility index (Phi) is 7.21. The highest BCUT2D eigenvalue weighted by atomic mass is 35.5. The molecule has 1 aromatic heterocycles. The fourth-order valence-corrected chi connectivity index (χ4v) is 3.49. The molecule has 3 aromatic rings. The maximum Gasteiger partial charge on any atom is 0.340 e. The van der Waals surface area contributed by atoms with Crippen LogP contribution in [0.2, 0.25) is 5.02 Å². The summed E-state index contributed by atoms with van der Waals surface area (Å²) in [4.78, 5) is 39.7. The number of halogens is 1. The zero-order chi connectivity index (χ0) is 21.5. The lowest BCUT2D eigenvalue weighted by atomic mass is 10.1. The average molecular weight is 443 g/mol. The molecule has 0 saturated heterocycles. The monoisotopic (exact) mass is 442 g/mol. The van der Waals surface area contributed by atoms with Crippen LogP contribution in [0.5, 0.6) is 0 Å². The molecule has 0 spiro atoms. The molecule has 154 valence electrons. The normalized spacial score (nSPS) is 10.3. The Morgan fingerprint density at radius 1 is 1.03 bits per heavy atom. The number of likely N-dealkylation sites (N-methyl/N-ethyl adjacent to an activating group) is 1. The Bertz CT molecular complexity index is 1040. The molecule has 1 N–H and O–H groups in total. The molecule has 6 nitrogen and oxygen atoms in total. The third-order valence-corrected chi connectivity index (χ3v) is 5.34. The zero-order valence-corrected chi connectivity index (χ0v) is 17.7. The number of nitrogens with zero attached hydrogens (tertiary/aromatic N) is 1. The SMILES string of the molecule is CN(Cc1cccs1)C(=O)COC(=O)c1ccccc1NC(=O)c1ccc(Cl)cc1. The van der Waals surface area contributed by atoms with Crippen LogP contribution in [0.4, 0.5) is 5.69 Å². The standard InChI is InChI=1S/C22H19ClN2O4S/c1-25(13-17-5-4-12-30-17)20(26)14-29-22(28)18-6-2-3-7-19(18)24-21(27)15-8-10-16(23)11-9-15/h2-12H,13-14H2,1H3,(H,24,27). The average Bonchev–Trinajstić information content (AvgIpc) is 3.25. The Labute approximate surface area is 183 Å². The number of carbonyl (C=O) groups is 3. The topological polar surface area (TPSA) is 75.7 Å². The smallest absolute Gasteiger partial charge is 0.340 e. The van der Waals surface area contributed by atoms with Crippen molar-refractivity contribution in [2.24, 2.45) is 0 Å². The molecule has 1 heterocycles. The van der Waals surface area contributed by atoms with Gasteiger partial charge in [0.05, 0.1) is 17.8 Å². The van der Waals surface area contributed by atoms with Crippen molar-refractivity contribution in [2.45, 2.75) is 6.54 Å². The number of ether oxygens (including phenoxy) is 1. The molecule has 2 amide bonds. The number of thiophene rings is 1. The number of anilines is 1. The summed E-state index contributed by atoms with van der Waals surface area (Å²) in [6.45, 7) is 0.0575. The van der Waals surface area contributed by atoms with Crippen LogP contribution in [0.15, 0.2) is 66.0 Å². The molecule has 8 heteroatoms. The van der Waals surface area contributed by atoms with Crippen molar-refractivity contribution in [1.82, 2.24) is 4.90 Å². The van der Waals surface area contributed by atoms with Crippen molar-refractivity contribution < 1.29 is 19.1 Å². The molecule has 0 bridgehead atoms. The van der Waals surface area contributed by atoms with Crippen molar-refractivity contribution in [3.05, 3.63) is 87.1 Å². The van der Waals surface area contributed by atoms with Crippen molar-refractivity contribution in [2.75, 3.05) is 19.0 Å².